The van der Waals surface area contributed by atoms with Gasteiger partial charge in [0.05, 0.1) is 0 Å². The van der Waals surface area contributed by atoms with Gasteiger partial charge in [0.1, 0.15) is 6.54 Å². The molecule has 0 saturated carbocycles. The Kier molecular flexibility index (Phi) is 5.79. The smallest absolute Gasteiger partial charge is 0.323 e. The van der Waals surface area contributed by atoms with Gasteiger partial charge in [0.25, 0.3) is 0 Å². The fourth-order valence-electron chi connectivity index (χ4n) is 1.45. The number of carboxylic acids is 1. The van der Waals surface area contributed by atoms with Crippen molar-refractivity contribution in [3.05, 3.63) is 29.3 Å². The average Bonchev–Trinajstić information content (AvgIpc) is 2.35. The molecule has 0 heterocycles. The van der Waals surface area contributed by atoms with Gasteiger partial charge in [-0.3, -0.25) is 14.5 Å². The number of primary amides is 1. The highest BCUT2D eigenvalue weighted by atomic mass is 35.5. The number of urea groups is 1. The molecule has 1 aromatic carbocycles. The van der Waals surface area contributed by atoms with Gasteiger partial charge in [-0.25, -0.2) is 4.79 Å². The van der Waals surface area contributed by atoms with Crippen molar-refractivity contribution in [3.63, 3.8) is 0 Å². The number of nitrogens with two attached hydrogens (primary N) is 1. The van der Waals surface area contributed by atoms with Crippen molar-refractivity contribution in [2.75, 3.05) is 18.0 Å². The summed E-state index contributed by atoms with van der Waals surface area (Å²) in [5.41, 5.74) is 5.30. The van der Waals surface area contributed by atoms with Crippen LogP contribution >= 0.6 is 11.6 Å². The fourth-order valence-corrected chi connectivity index (χ4v) is 1.63. The number of nitrogens with zero attached hydrogens (tertiary/aromatic N) is 1. The lowest BCUT2D eigenvalue weighted by Gasteiger charge is -2.21. The Labute approximate surface area is 120 Å². The molecule has 0 aliphatic rings. The SMILES string of the molecule is NC(=O)CCNC(=O)N(CC(=O)O)c1cccc(Cl)c1. The van der Waals surface area contributed by atoms with Crippen molar-refractivity contribution < 1.29 is 19.5 Å². The molecule has 0 spiro atoms. The lowest BCUT2D eigenvalue weighted by molar-refractivity contribution is -0.135. The summed E-state index contributed by atoms with van der Waals surface area (Å²) >= 11 is 5.81. The molecule has 0 unspecified atom stereocenters. The van der Waals surface area contributed by atoms with Crippen LogP contribution in [0.25, 0.3) is 0 Å². The molecule has 0 bridgehead atoms. The maximum absolute atomic E-state index is 11.9. The van der Waals surface area contributed by atoms with E-state index in [2.05, 4.69) is 5.32 Å². The van der Waals surface area contributed by atoms with Crippen LogP contribution < -0.4 is 16.0 Å². The summed E-state index contributed by atoms with van der Waals surface area (Å²) in [6.07, 6.45) is -0.0256. The molecule has 0 saturated heterocycles. The Bertz CT molecular complexity index is 521. The van der Waals surface area contributed by atoms with Crippen molar-refractivity contribution in [2.24, 2.45) is 5.73 Å². The third-order valence-electron chi connectivity index (χ3n) is 2.31. The van der Waals surface area contributed by atoms with Crippen LogP contribution in [0.4, 0.5) is 10.5 Å². The first-order valence-corrected chi connectivity index (χ1v) is 6.09. The van der Waals surface area contributed by atoms with Gasteiger partial charge in [-0.2, -0.15) is 0 Å². The zero-order chi connectivity index (χ0) is 15.1. The Morgan fingerprint density at radius 3 is 2.60 bits per heavy atom. The van der Waals surface area contributed by atoms with Crippen LogP contribution in [-0.4, -0.2) is 36.1 Å². The van der Waals surface area contributed by atoms with Gasteiger partial charge in [0.2, 0.25) is 5.91 Å². The van der Waals surface area contributed by atoms with Gasteiger partial charge in [0, 0.05) is 23.7 Å². The molecule has 0 aliphatic carbocycles. The number of carboxylic acid groups (broad SMARTS) is 1. The number of carbonyl (C=O) groups excluding carboxylic acids is 2. The molecule has 0 radical (unpaired) electrons. The van der Waals surface area contributed by atoms with Crippen molar-refractivity contribution in [1.29, 1.82) is 0 Å². The van der Waals surface area contributed by atoms with Crippen molar-refractivity contribution >= 4 is 35.2 Å². The molecule has 108 valence electrons. The number of aliphatic carboxylic acids is 1. The zero-order valence-electron chi connectivity index (χ0n) is 10.5. The van der Waals surface area contributed by atoms with E-state index in [1.165, 1.54) is 6.07 Å². The highest BCUT2D eigenvalue weighted by Gasteiger charge is 2.18. The number of benzene rings is 1. The van der Waals surface area contributed by atoms with Crippen molar-refractivity contribution in [3.8, 4) is 0 Å². The van der Waals surface area contributed by atoms with E-state index < -0.39 is 24.5 Å². The van der Waals surface area contributed by atoms with Gasteiger partial charge < -0.3 is 16.2 Å². The van der Waals surface area contributed by atoms with E-state index in [1.807, 2.05) is 0 Å². The van der Waals surface area contributed by atoms with E-state index in [1.54, 1.807) is 18.2 Å². The van der Waals surface area contributed by atoms with Crippen LogP contribution in [0, 0.1) is 0 Å². The molecule has 7 nitrogen and oxygen atoms in total. The number of anilines is 1. The van der Waals surface area contributed by atoms with Crippen LogP contribution in [0.15, 0.2) is 24.3 Å². The summed E-state index contributed by atoms with van der Waals surface area (Å²) in [5, 5.41) is 11.6. The van der Waals surface area contributed by atoms with E-state index in [-0.39, 0.29) is 13.0 Å². The normalized spacial score (nSPS) is 9.85. The molecule has 1 rings (SSSR count). The summed E-state index contributed by atoms with van der Waals surface area (Å²) in [4.78, 5) is 34.4. The fraction of sp³-hybridized carbons (Fsp3) is 0.250. The third-order valence-corrected chi connectivity index (χ3v) is 2.54. The van der Waals surface area contributed by atoms with Gasteiger partial charge >= 0.3 is 12.0 Å². The van der Waals surface area contributed by atoms with E-state index in [0.29, 0.717) is 10.7 Å². The molecule has 0 aromatic heterocycles. The Morgan fingerprint density at radius 1 is 1.35 bits per heavy atom. The highest BCUT2D eigenvalue weighted by Crippen LogP contribution is 2.19. The quantitative estimate of drug-likeness (QED) is 0.721. The van der Waals surface area contributed by atoms with Crippen LogP contribution in [-0.2, 0) is 9.59 Å². The van der Waals surface area contributed by atoms with Gasteiger partial charge in [-0.15, -0.1) is 0 Å². The van der Waals surface area contributed by atoms with Gasteiger partial charge in [-0.1, -0.05) is 17.7 Å². The third kappa shape index (κ3) is 5.15. The zero-order valence-corrected chi connectivity index (χ0v) is 11.3. The second kappa shape index (κ2) is 7.34. The number of nitrogens with one attached hydrogen (secondary N) is 1. The molecule has 3 amide bonds. The van der Waals surface area contributed by atoms with E-state index >= 15 is 0 Å². The van der Waals surface area contributed by atoms with E-state index in [9.17, 15) is 14.4 Å². The van der Waals surface area contributed by atoms with Crippen LogP contribution in [0.2, 0.25) is 5.02 Å². The predicted octanol–water partition coefficient (Wildman–Crippen LogP) is 0.816. The summed E-state index contributed by atoms with van der Waals surface area (Å²) in [7, 11) is 0. The molecule has 0 fully saturated rings. The highest BCUT2D eigenvalue weighted by molar-refractivity contribution is 6.30. The average molecular weight is 300 g/mol. The minimum atomic E-state index is -1.17. The summed E-state index contributed by atoms with van der Waals surface area (Å²) in [6, 6.07) is 5.59. The lowest BCUT2D eigenvalue weighted by atomic mass is 10.3. The number of carbonyl (C=O) groups is 3. The lowest BCUT2D eigenvalue weighted by Crippen LogP contribution is -2.43. The van der Waals surface area contributed by atoms with Crippen LogP contribution in [0.5, 0.6) is 0 Å². The monoisotopic (exact) mass is 299 g/mol. The summed E-state index contributed by atoms with van der Waals surface area (Å²) in [5.74, 6) is -1.73. The molecular weight excluding hydrogens is 286 g/mol. The van der Waals surface area contributed by atoms with Crippen LogP contribution in [0.1, 0.15) is 6.42 Å². The molecule has 20 heavy (non-hydrogen) atoms. The number of amides is 3. The summed E-state index contributed by atoms with van der Waals surface area (Å²) in [6.45, 7) is -0.492. The first-order valence-electron chi connectivity index (χ1n) is 5.71. The van der Waals surface area contributed by atoms with Crippen molar-refractivity contribution in [2.45, 2.75) is 6.42 Å². The maximum atomic E-state index is 11.9. The second-order valence-electron chi connectivity index (χ2n) is 3.91. The van der Waals surface area contributed by atoms with Crippen LogP contribution in [0.3, 0.4) is 0 Å². The first kappa shape index (κ1) is 15.8. The number of halogens is 1. The molecule has 8 heteroatoms. The topological polar surface area (TPSA) is 113 Å². The number of rotatable bonds is 6. The molecule has 0 atom stereocenters. The number of hydrogen-bond acceptors (Lipinski definition) is 3. The summed E-state index contributed by atoms with van der Waals surface area (Å²) < 4.78 is 0. The second-order valence-corrected chi connectivity index (χ2v) is 4.34. The molecule has 1 aromatic rings. The first-order chi connectivity index (χ1) is 9.40. The van der Waals surface area contributed by atoms with Gasteiger partial charge in [0.15, 0.2) is 0 Å². The Balaban J connectivity index is 2.81. The minimum absolute atomic E-state index is 0.0256. The van der Waals surface area contributed by atoms with E-state index in [0.717, 1.165) is 4.90 Å². The Morgan fingerprint density at radius 2 is 2.05 bits per heavy atom. The molecule has 4 N–H and O–H groups in total. The Hall–Kier alpha value is -2.28. The predicted molar refractivity (Wildman–Crippen MR) is 73.6 cm³/mol. The largest absolute Gasteiger partial charge is 0.480 e. The van der Waals surface area contributed by atoms with E-state index in [4.69, 9.17) is 22.4 Å². The molecule has 0 aliphatic heterocycles. The minimum Gasteiger partial charge on any atom is -0.480 e. The maximum Gasteiger partial charge on any atom is 0.323 e. The molecular formula is C12H14ClN3O4. The standard InChI is InChI=1S/C12H14ClN3O4/c13-8-2-1-3-9(6-8)16(7-11(18)19)12(20)15-5-4-10(14)17/h1-3,6H,4-5,7H2,(H2,14,17)(H,15,20)(H,18,19). The number of hydrogen-bond donors (Lipinski definition) is 3. The van der Waals surface area contributed by atoms with Crippen molar-refractivity contribution in [1.82, 2.24) is 5.32 Å². The van der Waals surface area contributed by atoms with Gasteiger partial charge in [-0.05, 0) is 18.2 Å².